The van der Waals surface area contributed by atoms with E-state index in [1.807, 2.05) is 17.0 Å². The van der Waals surface area contributed by atoms with Crippen LogP contribution in [0.5, 0.6) is 0 Å². The second kappa shape index (κ2) is 7.70. The molecule has 0 unspecified atom stereocenters. The molecule has 1 aromatic heterocycles. The molecule has 0 spiro atoms. The van der Waals surface area contributed by atoms with E-state index in [0.29, 0.717) is 42.5 Å². The molecule has 0 bridgehead atoms. The lowest BCUT2D eigenvalue weighted by Gasteiger charge is -2.36. The molecular formula is C21H28N4O4S. The second-order valence-electron chi connectivity index (χ2n) is 8.17. The predicted molar refractivity (Wildman–Crippen MR) is 116 cm³/mol. The van der Waals surface area contributed by atoms with Gasteiger partial charge >= 0.3 is 5.69 Å². The Bertz CT molecular complexity index is 1200. The number of piperazine rings is 1. The molecule has 9 heteroatoms. The predicted octanol–water partition coefficient (Wildman–Crippen LogP) is 0.782. The molecule has 1 aliphatic carbocycles. The molecule has 0 N–H and O–H groups in total. The molecule has 2 heterocycles. The molecule has 0 saturated carbocycles. The lowest BCUT2D eigenvalue weighted by atomic mass is 9.92. The van der Waals surface area contributed by atoms with Gasteiger partial charge in [-0.25, -0.2) is 13.2 Å². The standard InChI is InChI=1S/C21H28N4O4S/c1-15-19(20(26)23(3)21(27)22(15)2)24-10-12-25(13-11-24)30(28,29)18-9-8-16-6-4-5-7-17(16)14-18/h8-9,14H,4-7,10-13H2,1-3H3. The first-order chi connectivity index (χ1) is 14.2. The van der Waals surface area contributed by atoms with E-state index in [4.69, 9.17) is 0 Å². The fourth-order valence-corrected chi connectivity index (χ4v) is 5.94. The summed E-state index contributed by atoms with van der Waals surface area (Å²) in [5, 5.41) is 0. The molecule has 1 saturated heterocycles. The Kier molecular flexibility index (Phi) is 5.36. The SMILES string of the molecule is Cc1c(N2CCN(S(=O)(=O)c3ccc4c(c3)CCCC4)CC2)c(=O)n(C)c(=O)n1C. The van der Waals surface area contributed by atoms with Gasteiger partial charge in [-0.15, -0.1) is 0 Å². The molecule has 162 valence electrons. The van der Waals surface area contributed by atoms with E-state index >= 15 is 0 Å². The molecule has 1 fully saturated rings. The third-order valence-electron chi connectivity index (χ3n) is 6.44. The Morgan fingerprint density at radius 3 is 2.17 bits per heavy atom. The van der Waals surface area contributed by atoms with Crippen LogP contribution in [0.4, 0.5) is 5.69 Å². The van der Waals surface area contributed by atoms with Gasteiger partial charge < -0.3 is 4.90 Å². The maximum absolute atomic E-state index is 13.2. The van der Waals surface area contributed by atoms with Crippen molar-refractivity contribution in [1.82, 2.24) is 13.4 Å². The quantitative estimate of drug-likeness (QED) is 0.716. The number of hydrogen-bond acceptors (Lipinski definition) is 5. The highest BCUT2D eigenvalue weighted by molar-refractivity contribution is 7.89. The van der Waals surface area contributed by atoms with E-state index in [1.165, 1.54) is 21.5 Å². The van der Waals surface area contributed by atoms with Gasteiger partial charge in [0.1, 0.15) is 5.69 Å². The number of anilines is 1. The summed E-state index contributed by atoms with van der Waals surface area (Å²) in [6.07, 6.45) is 4.21. The zero-order valence-electron chi connectivity index (χ0n) is 17.7. The highest BCUT2D eigenvalue weighted by Crippen LogP contribution is 2.26. The van der Waals surface area contributed by atoms with Crippen molar-refractivity contribution >= 4 is 15.7 Å². The molecular weight excluding hydrogens is 404 g/mol. The Morgan fingerprint density at radius 2 is 1.50 bits per heavy atom. The van der Waals surface area contributed by atoms with Crippen LogP contribution in [0.15, 0.2) is 32.7 Å². The third-order valence-corrected chi connectivity index (χ3v) is 8.33. The van der Waals surface area contributed by atoms with Gasteiger partial charge in [-0.2, -0.15) is 4.31 Å². The van der Waals surface area contributed by atoms with Gasteiger partial charge in [0.15, 0.2) is 0 Å². The van der Waals surface area contributed by atoms with Crippen molar-refractivity contribution in [2.75, 3.05) is 31.1 Å². The Balaban J connectivity index is 1.57. The Labute approximate surface area is 176 Å². The fourth-order valence-electron chi connectivity index (χ4n) is 4.46. The molecule has 4 rings (SSSR count). The number of fused-ring (bicyclic) bond motifs is 1. The summed E-state index contributed by atoms with van der Waals surface area (Å²) in [6, 6.07) is 5.51. The summed E-state index contributed by atoms with van der Waals surface area (Å²) in [6.45, 7) is 3.14. The van der Waals surface area contributed by atoms with Gasteiger partial charge in [-0.05, 0) is 55.9 Å². The summed E-state index contributed by atoms with van der Waals surface area (Å²) in [7, 11) is -0.477. The maximum atomic E-state index is 13.2. The molecule has 1 aliphatic heterocycles. The van der Waals surface area contributed by atoms with Crippen molar-refractivity contribution in [3.05, 3.63) is 55.9 Å². The normalized spacial score (nSPS) is 17.8. The third kappa shape index (κ3) is 3.39. The van der Waals surface area contributed by atoms with Crippen LogP contribution in [0.2, 0.25) is 0 Å². The molecule has 0 amide bonds. The van der Waals surface area contributed by atoms with Crippen LogP contribution in [0.1, 0.15) is 29.7 Å². The Hall–Kier alpha value is -2.39. The van der Waals surface area contributed by atoms with Crippen LogP contribution in [0.3, 0.4) is 0 Å². The maximum Gasteiger partial charge on any atom is 0.330 e. The number of benzene rings is 1. The largest absolute Gasteiger partial charge is 0.363 e. The molecule has 0 atom stereocenters. The van der Waals surface area contributed by atoms with Gasteiger partial charge in [0.05, 0.1) is 4.90 Å². The first-order valence-electron chi connectivity index (χ1n) is 10.4. The van der Waals surface area contributed by atoms with E-state index in [2.05, 4.69) is 0 Å². The second-order valence-corrected chi connectivity index (χ2v) is 10.1. The minimum absolute atomic E-state index is 0.296. The van der Waals surface area contributed by atoms with E-state index < -0.39 is 10.0 Å². The van der Waals surface area contributed by atoms with Gasteiger partial charge in [0.25, 0.3) is 5.56 Å². The molecule has 0 radical (unpaired) electrons. The van der Waals surface area contributed by atoms with E-state index in [-0.39, 0.29) is 11.2 Å². The first kappa shape index (κ1) is 20.9. The zero-order valence-corrected chi connectivity index (χ0v) is 18.5. The van der Waals surface area contributed by atoms with Crippen LogP contribution in [-0.4, -0.2) is 48.0 Å². The van der Waals surface area contributed by atoms with E-state index in [9.17, 15) is 18.0 Å². The molecule has 30 heavy (non-hydrogen) atoms. The van der Waals surface area contributed by atoms with Gasteiger partial charge in [-0.1, -0.05) is 6.07 Å². The smallest absolute Gasteiger partial charge is 0.330 e. The number of rotatable bonds is 3. The van der Waals surface area contributed by atoms with E-state index in [1.54, 1.807) is 20.0 Å². The van der Waals surface area contributed by atoms with Crippen LogP contribution in [0, 0.1) is 6.92 Å². The Morgan fingerprint density at radius 1 is 0.867 bits per heavy atom. The number of sulfonamides is 1. The van der Waals surface area contributed by atoms with Crippen molar-refractivity contribution in [2.45, 2.75) is 37.5 Å². The minimum atomic E-state index is -3.58. The van der Waals surface area contributed by atoms with Crippen molar-refractivity contribution < 1.29 is 8.42 Å². The van der Waals surface area contributed by atoms with Crippen molar-refractivity contribution in [3.8, 4) is 0 Å². The molecule has 2 aromatic rings. The zero-order chi connectivity index (χ0) is 21.6. The lowest BCUT2D eigenvalue weighted by molar-refractivity contribution is 0.383. The summed E-state index contributed by atoms with van der Waals surface area (Å²) >= 11 is 0. The highest BCUT2D eigenvalue weighted by atomic mass is 32.2. The highest BCUT2D eigenvalue weighted by Gasteiger charge is 2.31. The summed E-state index contributed by atoms with van der Waals surface area (Å²) in [5.41, 5.74) is 2.74. The fraction of sp³-hybridized carbons (Fsp3) is 0.524. The van der Waals surface area contributed by atoms with Gasteiger partial charge in [-0.3, -0.25) is 13.9 Å². The number of nitrogens with zero attached hydrogens (tertiary/aromatic N) is 4. The van der Waals surface area contributed by atoms with Crippen LogP contribution in [-0.2, 0) is 37.0 Å². The van der Waals surface area contributed by atoms with Crippen molar-refractivity contribution in [1.29, 1.82) is 0 Å². The monoisotopic (exact) mass is 432 g/mol. The average Bonchev–Trinajstić information content (AvgIpc) is 2.76. The minimum Gasteiger partial charge on any atom is -0.363 e. The molecule has 8 nitrogen and oxygen atoms in total. The van der Waals surface area contributed by atoms with Crippen molar-refractivity contribution in [2.24, 2.45) is 14.1 Å². The summed E-state index contributed by atoms with van der Waals surface area (Å²) in [4.78, 5) is 27.0. The summed E-state index contributed by atoms with van der Waals surface area (Å²) in [5.74, 6) is 0. The van der Waals surface area contributed by atoms with Crippen molar-refractivity contribution in [3.63, 3.8) is 0 Å². The molecule has 2 aliphatic rings. The number of aromatic nitrogens is 2. The first-order valence-corrected chi connectivity index (χ1v) is 11.8. The van der Waals surface area contributed by atoms with E-state index in [0.717, 1.165) is 35.8 Å². The number of aryl methyl sites for hydroxylation is 2. The van der Waals surface area contributed by atoms with Crippen LogP contribution in [0.25, 0.3) is 0 Å². The van der Waals surface area contributed by atoms with Crippen LogP contribution < -0.4 is 16.1 Å². The van der Waals surface area contributed by atoms with Crippen LogP contribution >= 0.6 is 0 Å². The van der Waals surface area contributed by atoms with Gasteiger partial charge in [0.2, 0.25) is 10.0 Å². The molecule has 1 aromatic carbocycles. The topological polar surface area (TPSA) is 84.6 Å². The number of hydrogen-bond donors (Lipinski definition) is 0. The van der Waals surface area contributed by atoms with Gasteiger partial charge in [0, 0.05) is 46.0 Å². The summed E-state index contributed by atoms with van der Waals surface area (Å²) < 4.78 is 30.4. The lowest BCUT2D eigenvalue weighted by Crippen LogP contribution is -2.52. The average molecular weight is 433 g/mol.